The second-order valence-electron chi connectivity index (χ2n) is 9.91. The van der Waals surface area contributed by atoms with Gasteiger partial charge in [-0.05, 0) is 43.0 Å². The summed E-state index contributed by atoms with van der Waals surface area (Å²) in [5.74, 6) is 0. The molecule has 0 radical (unpaired) electrons. The van der Waals surface area contributed by atoms with Crippen molar-refractivity contribution in [2.45, 2.75) is 38.3 Å². The van der Waals surface area contributed by atoms with Crippen molar-refractivity contribution in [3.05, 3.63) is 95.0 Å². The third-order valence-electron chi connectivity index (χ3n) is 7.38. The monoisotopic (exact) mass is 457 g/mol. The van der Waals surface area contributed by atoms with Gasteiger partial charge in [-0.2, -0.15) is 0 Å². The van der Waals surface area contributed by atoms with Crippen molar-refractivity contribution in [2.24, 2.45) is 0 Å². The average molecular weight is 458 g/mol. The molecule has 0 spiro atoms. The fourth-order valence-corrected chi connectivity index (χ4v) is 5.17. The molecular formula is C29H39N5. The van der Waals surface area contributed by atoms with Crippen LogP contribution < -0.4 is 10.6 Å². The van der Waals surface area contributed by atoms with Gasteiger partial charge < -0.3 is 15.5 Å². The van der Waals surface area contributed by atoms with Gasteiger partial charge in [-0.25, -0.2) is 0 Å². The van der Waals surface area contributed by atoms with Gasteiger partial charge in [0.25, 0.3) is 0 Å². The maximum atomic E-state index is 3.90. The van der Waals surface area contributed by atoms with E-state index in [1.54, 1.807) is 5.57 Å². The lowest BCUT2D eigenvalue weighted by atomic mass is 10.1. The highest BCUT2D eigenvalue weighted by molar-refractivity contribution is 5.29. The van der Waals surface area contributed by atoms with E-state index in [0.717, 1.165) is 58.8 Å². The van der Waals surface area contributed by atoms with Gasteiger partial charge in [0.15, 0.2) is 0 Å². The van der Waals surface area contributed by atoms with Gasteiger partial charge in [-0.15, -0.1) is 0 Å². The molecule has 5 nitrogen and oxygen atoms in total. The first kappa shape index (κ1) is 23.0. The highest BCUT2D eigenvalue weighted by Gasteiger charge is 2.31. The number of hydrogen-bond acceptors (Lipinski definition) is 5. The van der Waals surface area contributed by atoms with E-state index >= 15 is 0 Å². The van der Waals surface area contributed by atoms with Crippen LogP contribution in [0.1, 0.15) is 30.4 Å². The van der Waals surface area contributed by atoms with Gasteiger partial charge in [0.2, 0.25) is 0 Å². The minimum absolute atomic E-state index is 0.484. The standard InChI is InChI=1S/C29H39N5/c1-32-18-19-33(17-15-24-8-4-2-5-9-24)22-28(32)29(26-12-13-26)31-16-14-27-20-30-23-34(27)21-25-10-6-3-7-11-25/h2-11,20,28,30-31H,12-19,21-23H2,1H3. The molecule has 1 saturated heterocycles. The van der Waals surface area contributed by atoms with Crippen molar-refractivity contribution < 1.29 is 0 Å². The Morgan fingerprint density at radius 1 is 0.941 bits per heavy atom. The van der Waals surface area contributed by atoms with Gasteiger partial charge in [-0.3, -0.25) is 9.80 Å². The summed E-state index contributed by atoms with van der Waals surface area (Å²) in [6.45, 7) is 7.43. The molecule has 2 aromatic rings. The molecule has 5 rings (SSSR count). The highest BCUT2D eigenvalue weighted by atomic mass is 15.3. The first-order chi connectivity index (χ1) is 16.8. The number of nitrogens with one attached hydrogen (secondary N) is 2. The summed E-state index contributed by atoms with van der Waals surface area (Å²) in [6, 6.07) is 22.2. The molecule has 2 fully saturated rings. The first-order valence-electron chi connectivity index (χ1n) is 12.9. The molecule has 2 aromatic carbocycles. The van der Waals surface area contributed by atoms with E-state index in [9.17, 15) is 0 Å². The van der Waals surface area contributed by atoms with Crippen LogP contribution in [-0.2, 0) is 13.0 Å². The second-order valence-corrected chi connectivity index (χ2v) is 9.91. The first-order valence-corrected chi connectivity index (χ1v) is 12.9. The lowest BCUT2D eigenvalue weighted by Crippen LogP contribution is -2.54. The SMILES string of the molecule is CN1CCN(CCc2ccccc2)CC1C(NCCC1=CNCN1Cc1ccccc1)=C1CC1. The van der Waals surface area contributed by atoms with Gasteiger partial charge in [-0.1, -0.05) is 60.7 Å². The van der Waals surface area contributed by atoms with Gasteiger partial charge in [0, 0.05) is 63.3 Å². The number of piperazine rings is 1. The summed E-state index contributed by atoms with van der Waals surface area (Å²) in [5, 5.41) is 7.33. The van der Waals surface area contributed by atoms with Crippen LogP contribution in [-0.4, -0.2) is 67.2 Å². The lowest BCUT2D eigenvalue weighted by molar-refractivity contribution is 0.110. The van der Waals surface area contributed by atoms with Gasteiger partial charge in [0.1, 0.15) is 0 Å². The fraction of sp³-hybridized carbons (Fsp3) is 0.448. The number of rotatable bonds is 10. The molecule has 1 saturated carbocycles. The van der Waals surface area contributed by atoms with Crippen molar-refractivity contribution in [1.82, 2.24) is 25.3 Å². The third kappa shape index (κ3) is 6.02. The molecule has 180 valence electrons. The maximum absolute atomic E-state index is 3.90. The predicted molar refractivity (Wildman–Crippen MR) is 140 cm³/mol. The van der Waals surface area contributed by atoms with Crippen LogP contribution in [0.3, 0.4) is 0 Å². The van der Waals surface area contributed by atoms with Gasteiger partial charge in [0.05, 0.1) is 12.7 Å². The maximum Gasteiger partial charge on any atom is 0.0873 e. The van der Waals surface area contributed by atoms with Crippen LogP contribution in [0.4, 0.5) is 0 Å². The molecule has 1 atom stereocenters. The molecule has 1 unspecified atom stereocenters. The Morgan fingerprint density at radius 3 is 2.41 bits per heavy atom. The van der Waals surface area contributed by atoms with Gasteiger partial charge >= 0.3 is 0 Å². The number of likely N-dealkylation sites (N-methyl/N-ethyl adjacent to an activating group) is 1. The highest BCUT2D eigenvalue weighted by Crippen LogP contribution is 2.34. The molecule has 34 heavy (non-hydrogen) atoms. The number of nitrogens with zero attached hydrogens (tertiary/aromatic N) is 3. The third-order valence-corrected chi connectivity index (χ3v) is 7.38. The van der Waals surface area contributed by atoms with Crippen LogP contribution in [0, 0.1) is 0 Å². The molecule has 0 amide bonds. The zero-order valence-electron chi connectivity index (χ0n) is 20.5. The van der Waals surface area contributed by atoms with E-state index in [2.05, 4.69) is 99.2 Å². The Labute approximate surface area is 205 Å². The summed E-state index contributed by atoms with van der Waals surface area (Å²) >= 11 is 0. The van der Waals surface area contributed by atoms with Crippen LogP contribution in [0.5, 0.6) is 0 Å². The second kappa shape index (κ2) is 11.1. The summed E-state index contributed by atoms with van der Waals surface area (Å²) < 4.78 is 0. The Balaban J connectivity index is 1.14. The number of hydrogen-bond donors (Lipinski definition) is 2. The Bertz CT molecular complexity index is 978. The van der Waals surface area contributed by atoms with Crippen LogP contribution >= 0.6 is 0 Å². The summed E-state index contributed by atoms with van der Waals surface area (Å²) in [4.78, 5) is 7.68. The van der Waals surface area contributed by atoms with E-state index in [-0.39, 0.29) is 0 Å². The molecule has 1 aliphatic carbocycles. The molecular weight excluding hydrogens is 418 g/mol. The fourth-order valence-electron chi connectivity index (χ4n) is 5.17. The Kier molecular flexibility index (Phi) is 7.52. The average Bonchev–Trinajstić information content (AvgIpc) is 3.63. The molecule has 5 heteroatoms. The number of allylic oxidation sites excluding steroid dienone is 1. The zero-order chi connectivity index (χ0) is 23.2. The van der Waals surface area contributed by atoms with Crippen LogP contribution in [0.15, 0.2) is 83.8 Å². The van der Waals surface area contributed by atoms with E-state index in [1.165, 1.54) is 35.4 Å². The van der Waals surface area contributed by atoms with E-state index in [1.807, 2.05) is 0 Å². The largest absolute Gasteiger partial charge is 0.387 e. The normalized spacial score (nSPS) is 20.7. The van der Waals surface area contributed by atoms with E-state index in [0.29, 0.717) is 6.04 Å². The van der Waals surface area contributed by atoms with Crippen molar-refractivity contribution >= 4 is 0 Å². The molecule has 3 aliphatic rings. The van der Waals surface area contributed by atoms with Crippen LogP contribution in [0.2, 0.25) is 0 Å². The quantitative estimate of drug-likeness (QED) is 0.568. The van der Waals surface area contributed by atoms with Crippen LogP contribution in [0.25, 0.3) is 0 Å². The zero-order valence-corrected chi connectivity index (χ0v) is 20.5. The molecule has 2 N–H and O–H groups in total. The Morgan fingerprint density at radius 2 is 1.68 bits per heavy atom. The summed E-state index contributed by atoms with van der Waals surface area (Å²) in [6.07, 6.45) is 6.91. The number of benzene rings is 2. The molecule has 2 heterocycles. The molecule has 0 bridgehead atoms. The summed E-state index contributed by atoms with van der Waals surface area (Å²) in [5.41, 5.74) is 7.35. The minimum Gasteiger partial charge on any atom is -0.387 e. The summed E-state index contributed by atoms with van der Waals surface area (Å²) in [7, 11) is 2.30. The predicted octanol–water partition coefficient (Wildman–Crippen LogP) is 3.78. The minimum atomic E-state index is 0.484. The Hall–Kier alpha value is -2.76. The van der Waals surface area contributed by atoms with Crippen molar-refractivity contribution in [3.8, 4) is 0 Å². The molecule has 0 aromatic heterocycles. The van der Waals surface area contributed by atoms with E-state index in [4.69, 9.17) is 0 Å². The molecule has 2 aliphatic heterocycles. The van der Waals surface area contributed by atoms with E-state index < -0.39 is 0 Å². The topological polar surface area (TPSA) is 33.8 Å². The van der Waals surface area contributed by atoms with Crippen molar-refractivity contribution in [3.63, 3.8) is 0 Å². The van der Waals surface area contributed by atoms with Crippen molar-refractivity contribution in [2.75, 3.05) is 46.4 Å². The van der Waals surface area contributed by atoms with Crippen molar-refractivity contribution in [1.29, 1.82) is 0 Å². The lowest BCUT2D eigenvalue weighted by Gasteiger charge is -2.41. The smallest absolute Gasteiger partial charge is 0.0873 e.